The summed E-state index contributed by atoms with van der Waals surface area (Å²) in [5, 5.41) is 13.7. The first-order valence-electron chi connectivity index (χ1n) is 5.98. The Balaban J connectivity index is 2.32. The summed E-state index contributed by atoms with van der Waals surface area (Å²) in [7, 11) is 0. The molecule has 0 aliphatic rings. The van der Waals surface area contributed by atoms with E-state index >= 15 is 0 Å². The summed E-state index contributed by atoms with van der Waals surface area (Å²) in [5.74, 6) is -0.475. The van der Waals surface area contributed by atoms with Crippen molar-refractivity contribution >= 4 is 40.6 Å². The van der Waals surface area contributed by atoms with E-state index in [4.69, 9.17) is 11.6 Å². The first kappa shape index (κ1) is 15.3. The Morgan fingerprint density at radius 2 is 1.76 bits per heavy atom. The minimum absolute atomic E-state index is 0.0287. The number of amides is 1. The van der Waals surface area contributed by atoms with Crippen molar-refractivity contribution in [1.29, 1.82) is 0 Å². The zero-order valence-electron chi connectivity index (χ0n) is 10.8. The number of alkyl halides is 1. The van der Waals surface area contributed by atoms with Crippen LogP contribution in [0.5, 0.6) is 0 Å². The molecular weight excluding hydrogens is 312 g/mol. The van der Waals surface area contributed by atoms with Crippen molar-refractivity contribution in [3.05, 3.63) is 58.6 Å². The van der Waals surface area contributed by atoms with Crippen molar-refractivity contribution in [2.45, 2.75) is 9.79 Å². The van der Waals surface area contributed by atoms with Gasteiger partial charge in [-0.3, -0.25) is 14.9 Å². The molecule has 2 rings (SSSR count). The average Bonchev–Trinajstić information content (AvgIpc) is 2.49. The number of para-hydroxylation sites is 2. The van der Waals surface area contributed by atoms with Gasteiger partial charge in [-0.1, -0.05) is 36.0 Å². The lowest BCUT2D eigenvalue weighted by atomic mass is 10.3. The highest BCUT2D eigenvalue weighted by Gasteiger charge is 2.15. The van der Waals surface area contributed by atoms with Crippen molar-refractivity contribution in [3.8, 4) is 0 Å². The topological polar surface area (TPSA) is 72.2 Å². The Morgan fingerprint density at radius 1 is 1.14 bits per heavy atom. The summed E-state index contributed by atoms with van der Waals surface area (Å²) in [4.78, 5) is 23.2. The molecule has 108 valence electrons. The van der Waals surface area contributed by atoms with Gasteiger partial charge in [0.05, 0.1) is 15.5 Å². The van der Waals surface area contributed by atoms with Crippen LogP contribution in [0.1, 0.15) is 0 Å². The molecule has 2 aromatic rings. The van der Waals surface area contributed by atoms with Gasteiger partial charge in [-0.05, 0) is 18.2 Å². The number of carbonyl (C=O) groups excluding carboxylic acids is 1. The fourth-order valence-electron chi connectivity index (χ4n) is 1.66. The molecule has 0 saturated carbocycles. The number of anilines is 1. The Morgan fingerprint density at radius 3 is 2.43 bits per heavy atom. The summed E-state index contributed by atoms with van der Waals surface area (Å²) in [6.45, 7) is 0. The summed E-state index contributed by atoms with van der Waals surface area (Å²) in [6.07, 6.45) is 0. The lowest BCUT2D eigenvalue weighted by Gasteiger charge is -2.09. The molecule has 0 aliphatic heterocycles. The minimum atomic E-state index is -0.428. The smallest absolute Gasteiger partial charge is 0.283 e. The Kier molecular flexibility index (Phi) is 5.19. The number of nitrogens with zero attached hydrogens (tertiary/aromatic N) is 1. The highest BCUT2D eigenvalue weighted by molar-refractivity contribution is 7.99. The van der Waals surface area contributed by atoms with Gasteiger partial charge in [-0.25, -0.2) is 0 Å². The number of nitro benzene ring substituents is 1. The zero-order valence-corrected chi connectivity index (χ0v) is 12.4. The van der Waals surface area contributed by atoms with E-state index in [0.29, 0.717) is 15.5 Å². The van der Waals surface area contributed by atoms with E-state index in [2.05, 4.69) is 5.32 Å². The van der Waals surface area contributed by atoms with Crippen LogP contribution in [-0.2, 0) is 4.79 Å². The van der Waals surface area contributed by atoms with Crippen molar-refractivity contribution in [2.75, 3.05) is 11.2 Å². The van der Waals surface area contributed by atoms with E-state index in [1.807, 2.05) is 0 Å². The Hall–Kier alpha value is -2.05. The van der Waals surface area contributed by atoms with Crippen molar-refractivity contribution in [1.82, 2.24) is 0 Å². The molecule has 0 aromatic heterocycles. The number of nitrogens with one attached hydrogen (secondary N) is 1. The van der Waals surface area contributed by atoms with Gasteiger partial charge in [-0.2, -0.15) is 0 Å². The molecule has 0 aliphatic carbocycles. The maximum absolute atomic E-state index is 11.4. The number of halogens is 1. The fourth-order valence-corrected chi connectivity index (χ4v) is 2.73. The number of benzene rings is 2. The lowest BCUT2D eigenvalue weighted by molar-refractivity contribution is -0.387. The summed E-state index contributed by atoms with van der Waals surface area (Å²) in [6, 6.07) is 13.5. The van der Waals surface area contributed by atoms with E-state index in [0.717, 1.165) is 0 Å². The van der Waals surface area contributed by atoms with Crippen LogP contribution in [0.2, 0.25) is 0 Å². The number of rotatable bonds is 5. The van der Waals surface area contributed by atoms with Gasteiger partial charge in [0.2, 0.25) is 5.91 Å². The Bertz CT molecular complexity index is 679. The van der Waals surface area contributed by atoms with Gasteiger partial charge in [0.1, 0.15) is 5.88 Å². The number of carbonyl (C=O) groups is 1. The quantitative estimate of drug-likeness (QED) is 0.514. The van der Waals surface area contributed by atoms with E-state index in [1.54, 1.807) is 42.5 Å². The first-order chi connectivity index (χ1) is 10.1. The molecule has 0 saturated heterocycles. The highest BCUT2D eigenvalue weighted by atomic mass is 35.5. The summed E-state index contributed by atoms with van der Waals surface area (Å²) >= 11 is 6.70. The van der Waals surface area contributed by atoms with Crippen LogP contribution < -0.4 is 5.32 Å². The van der Waals surface area contributed by atoms with Crippen molar-refractivity contribution < 1.29 is 9.72 Å². The molecule has 0 unspecified atom stereocenters. The molecule has 0 radical (unpaired) electrons. The van der Waals surface area contributed by atoms with Crippen LogP contribution in [0.25, 0.3) is 0 Å². The Labute approximate surface area is 130 Å². The second kappa shape index (κ2) is 7.10. The molecule has 7 heteroatoms. The van der Waals surface area contributed by atoms with Crippen LogP contribution in [0.3, 0.4) is 0 Å². The third kappa shape index (κ3) is 3.96. The molecule has 2 aromatic carbocycles. The molecule has 21 heavy (non-hydrogen) atoms. The predicted octanol–water partition coefficient (Wildman–Crippen LogP) is 3.92. The van der Waals surface area contributed by atoms with Crippen LogP contribution >= 0.6 is 23.4 Å². The van der Waals surface area contributed by atoms with Crippen LogP contribution in [0, 0.1) is 10.1 Å². The molecule has 1 amide bonds. The van der Waals surface area contributed by atoms with Crippen LogP contribution in [0.15, 0.2) is 58.3 Å². The molecule has 0 spiro atoms. The molecule has 0 heterocycles. The van der Waals surface area contributed by atoms with E-state index in [1.165, 1.54) is 17.8 Å². The molecule has 0 fully saturated rings. The van der Waals surface area contributed by atoms with Crippen molar-refractivity contribution in [2.24, 2.45) is 0 Å². The normalized spacial score (nSPS) is 10.1. The maximum Gasteiger partial charge on any atom is 0.283 e. The number of hydrogen-bond acceptors (Lipinski definition) is 4. The number of hydrogen-bond donors (Lipinski definition) is 1. The highest BCUT2D eigenvalue weighted by Crippen LogP contribution is 2.38. The average molecular weight is 323 g/mol. The number of nitro groups is 1. The largest absolute Gasteiger partial charge is 0.324 e. The summed E-state index contributed by atoms with van der Waals surface area (Å²) in [5.41, 5.74) is 0.604. The van der Waals surface area contributed by atoms with Gasteiger partial charge < -0.3 is 5.32 Å². The van der Waals surface area contributed by atoms with Crippen LogP contribution in [0.4, 0.5) is 11.4 Å². The van der Waals surface area contributed by atoms with Gasteiger partial charge >= 0.3 is 0 Å². The molecule has 5 nitrogen and oxygen atoms in total. The second-order valence-electron chi connectivity index (χ2n) is 4.00. The molecule has 0 atom stereocenters. The predicted molar refractivity (Wildman–Crippen MR) is 83.0 cm³/mol. The van der Waals surface area contributed by atoms with Crippen LogP contribution in [-0.4, -0.2) is 16.7 Å². The van der Waals surface area contributed by atoms with E-state index in [9.17, 15) is 14.9 Å². The second-order valence-corrected chi connectivity index (χ2v) is 5.36. The third-order valence-corrected chi connectivity index (χ3v) is 3.95. The van der Waals surface area contributed by atoms with Gasteiger partial charge in [0.15, 0.2) is 0 Å². The maximum atomic E-state index is 11.4. The van der Waals surface area contributed by atoms with E-state index in [-0.39, 0.29) is 17.5 Å². The van der Waals surface area contributed by atoms with Gasteiger partial charge in [0, 0.05) is 11.0 Å². The summed E-state index contributed by atoms with van der Waals surface area (Å²) < 4.78 is 0. The lowest BCUT2D eigenvalue weighted by Crippen LogP contribution is -2.13. The van der Waals surface area contributed by atoms with Crippen molar-refractivity contribution in [3.63, 3.8) is 0 Å². The standard InChI is InChI=1S/C14H11ClN2O3S/c15-9-14(18)16-10-5-1-3-7-12(10)21-13-8-4-2-6-11(13)17(19)20/h1-8H,9H2,(H,16,18). The minimum Gasteiger partial charge on any atom is -0.324 e. The monoisotopic (exact) mass is 322 g/mol. The molecule has 1 N–H and O–H groups in total. The molecular formula is C14H11ClN2O3S. The van der Waals surface area contributed by atoms with Gasteiger partial charge in [0.25, 0.3) is 5.69 Å². The zero-order chi connectivity index (χ0) is 15.2. The SMILES string of the molecule is O=C(CCl)Nc1ccccc1Sc1ccccc1[N+](=O)[O-]. The van der Waals surface area contributed by atoms with E-state index < -0.39 is 4.92 Å². The molecule has 0 bridgehead atoms. The van der Waals surface area contributed by atoms with Gasteiger partial charge in [-0.15, -0.1) is 11.6 Å². The third-order valence-electron chi connectivity index (χ3n) is 2.56. The first-order valence-corrected chi connectivity index (χ1v) is 7.33. The fraction of sp³-hybridized carbons (Fsp3) is 0.0714.